The van der Waals surface area contributed by atoms with Gasteiger partial charge in [0.2, 0.25) is 0 Å². The van der Waals surface area contributed by atoms with Gasteiger partial charge in [-0.1, -0.05) is 119 Å². The van der Waals surface area contributed by atoms with E-state index in [-0.39, 0.29) is 0 Å². The molecule has 0 bridgehead atoms. The molecule has 0 amide bonds. The Morgan fingerprint density at radius 3 is 1.39 bits per heavy atom. The first-order valence-electron chi connectivity index (χ1n) is 11.0. The van der Waals surface area contributed by atoms with Crippen molar-refractivity contribution >= 4 is 15.9 Å². The van der Waals surface area contributed by atoms with Gasteiger partial charge in [-0.3, -0.25) is 0 Å². The number of rotatable bonds is 4. The summed E-state index contributed by atoms with van der Waals surface area (Å²) < 4.78 is 1.01. The fourth-order valence-electron chi connectivity index (χ4n) is 4.28. The molecule has 5 rings (SSSR count). The molecule has 1 nitrogen and oxygen atoms in total. The number of phenolic OH excluding ortho intramolecular Hbond substituents is 1. The van der Waals surface area contributed by atoms with Crippen LogP contribution in [0.2, 0.25) is 0 Å². The fourth-order valence-corrected chi connectivity index (χ4v) is 4.55. The first kappa shape index (κ1) is 21.2. The van der Waals surface area contributed by atoms with Crippen LogP contribution in [0, 0.1) is 6.92 Å². The van der Waals surface area contributed by atoms with Gasteiger partial charge in [-0.15, -0.1) is 0 Å². The summed E-state index contributed by atoms with van der Waals surface area (Å²) in [7, 11) is 0. The summed E-state index contributed by atoms with van der Waals surface area (Å²) in [6.07, 6.45) is 0. The Morgan fingerprint density at radius 1 is 0.515 bits per heavy atom. The summed E-state index contributed by atoms with van der Waals surface area (Å²) >= 11 is 3.54. The monoisotopic (exact) mass is 490 g/mol. The van der Waals surface area contributed by atoms with Gasteiger partial charge in [-0.05, 0) is 58.5 Å². The van der Waals surface area contributed by atoms with Gasteiger partial charge in [0.05, 0.1) is 0 Å². The summed E-state index contributed by atoms with van der Waals surface area (Å²) in [4.78, 5) is 0. The van der Waals surface area contributed by atoms with Crippen LogP contribution in [0.5, 0.6) is 5.75 Å². The molecule has 0 aliphatic rings. The molecule has 0 aliphatic heterocycles. The van der Waals surface area contributed by atoms with E-state index in [9.17, 15) is 5.11 Å². The van der Waals surface area contributed by atoms with E-state index in [0.717, 1.165) is 49.0 Å². The Balaban J connectivity index is 1.89. The van der Waals surface area contributed by atoms with Crippen molar-refractivity contribution in [2.24, 2.45) is 0 Å². The quantitative estimate of drug-likeness (QED) is 0.266. The lowest BCUT2D eigenvalue weighted by atomic mass is 9.84. The highest BCUT2D eigenvalue weighted by molar-refractivity contribution is 9.10. The third-order valence-corrected chi connectivity index (χ3v) is 6.47. The lowest BCUT2D eigenvalue weighted by Crippen LogP contribution is -1.94. The summed E-state index contributed by atoms with van der Waals surface area (Å²) in [5.74, 6) is 0.293. The summed E-state index contributed by atoms with van der Waals surface area (Å²) in [5.41, 5.74) is 9.00. The number of aromatic hydroxyl groups is 1. The molecule has 0 radical (unpaired) electrons. The lowest BCUT2D eigenvalue weighted by molar-refractivity contribution is 0.479. The van der Waals surface area contributed by atoms with Crippen molar-refractivity contribution in [3.05, 3.63) is 125 Å². The molecule has 0 aliphatic carbocycles. The average Bonchev–Trinajstić information content (AvgIpc) is 2.86. The summed E-state index contributed by atoms with van der Waals surface area (Å²) in [5, 5.41) is 11.9. The SMILES string of the molecule is Cc1ccc(-c2c(-c3ccccc3)cc(-c3ccccc3)c(-c3ccc(Br)cc3)c2O)cc1. The maximum absolute atomic E-state index is 11.9. The second-order valence-corrected chi connectivity index (χ2v) is 9.09. The van der Waals surface area contributed by atoms with Gasteiger partial charge in [0.1, 0.15) is 5.75 Å². The molecule has 160 valence electrons. The van der Waals surface area contributed by atoms with E-state index >= 15 is 0 Å². The number of halogens is 1. The van der Waals surface area contributed by atoms with Crippen LogP contribution in [0.25, 0.3) is 44.5 Å². The van der Waals surface area contributed by atoms with Crippen molar-refractivity contribution in [3.8, 4) is 50.3 Å². The van der Waals surface area contributed by atoms with Crippen molar-refractivity contribution in [2.75, 3.05) is 0 Å². The van der Waals surface area contributed by atoms with Crippen molar-refractivity contribution in [1.82, 2.24) is 0 Å². The Hall–Kier alpha value is -3.62. The lowest BCUT2D eigenvalue weighted by Gasteiger charge is -2.21. The average molecular weight is 491 g/mol. The highest BCUT2D eigenvalue weighted by Gasteiger charge is 2.22. The largest absolute Gasteiger partial charge is 0.507 e. The van der Waals surface area contributed by atoms with Gasteiger partial charge in [0.25, 0.3) is 0 Å². The van der Waals surface area contributed by atoms with Crippen LogP contribution in [0.4, 0.5) is 0 Å². The fraction of sp³-hybridized carbons (Fsp3) is 0.0323. The van der Waals surface area contributed by atoms with E-state index in [2.05, 4.69) is 77.5 Å². The van der Waals surface area contributed by atoms with Crippen LogP contribution in [0.3, 0.4) is 0 Å². The maximum Gasteiger partial charge on any atom is 0.132 e. The van der Waals surface area contributed by atoms with Crippen LogP contribution in [-0.4, -0.2) is 5.11 Å². The third kappa shape index (κ3) is 4.22. The summed E-state index contributed by atoms with van der Waals surface area (Å²) in [6, 6.07) is 39.3. The Kier molecular flexibility index (Phi) is 5.85. The highest BCUT2D eigenvalue weighted by atomic mass is 79.9. The van der Waals surface area contributed by atoms with Gasteiger partial charge in [-0.25, -0.2) is 0 Å². The third-order valence-electron chi connectivity index (χ3n) is 5.94. The van der Waals surface area contributed by atoms with Crippen LogP contribution in [-0.2, 0) is 0 Å². The van der Waals surface area contributed by atoms with Crippen molar-refractivity contribution in [2.45, 2.75) is 6.92 Å². The van der Waals surface area contributed by atoms with E-state index in [0.29, 0.717) is 5.75 Å². The molecule has 5 aromatic rings. The minimum atomic E-state index is 0.293. The first-order valence-corrected chi connectivity index (χ1v) is 11.7. The normalized spacial score (nSPS) is 10.8. The molecule has 33 heavy (non-hydrogen) atoms. The number of hydrogen-bond acceptors (Lipinski definition) is 1. The topological polar surface area (TPSA) is 20.2 Å². The van der Waals surface area contributed by atoms with Crippen molar-refractivity contribution in [1.29, 1.82) is 0 Å². The van der Waals surface area contributed by atoms with Crippen LogP contribution >= 0.6 is 15.9 Å². The first-order chi connectivity index (χ1) is 16.1. The predicted octanol–water partition coefficient (Wildman–Crippen LogP) is 9.13. The number of aryl methyl sites for hydroxylation is 1. The van der Waals surface area contributed by atoms with Gasteiger partial charge >= 0.3 is 0 Å². The molecule has 0 atom stereocenters. The molecule has 0 spiro atoms. The second kappa shape index (κ2) is 9.09. The van der Waals surface area contributed by atoms with E-state index in [1.165, 1.54) is 5.56 Å². The zero-order valence-corrected chi connectivity index (χ0v) is 19.9. The van der Waals surface area contributed by atoms with E-state index < -0.39 is 0 Å². The minimum absolute atomic E-state index is 0.293. The zero-order valence-electron chi connectivity index (χ0n) is 18.3. The smallest absolute Gasteiger partial charge is 0.132 e. The summed E-state index contributed by atoms with van der Waals surface area (Å²) in [6.45, 7) is 2.08. The molecule has 0 saturated heterocycles. The van der Waals surface area contributed by atoms with Gasteiger partial charge in [-0.2, -0.15) is 0 Å². The van der Waals surface area contributed by atoms with Crippen molar-refractivity contribution < 1.29 is 5.11 Å². The number of phenols is 1. The Morgan fingerprint density at radius 2 is 0.939 bits per heavy atom. The number of benzene rings is 5. The van der Waals surface area contributed by atoms with E-state index in [1.54, 1.807) is 0 Å². The van der Waals surface area contributed by atoms with Crippen LogP contribution in [0.1, 0.15) is 5.56 Å². The van der Waals surface area contributed by atoms with E-state index in [1.807, 2.05) is 60.7 Å². The predicted molar refractivity (Wildman–Crippen MR) is 142 cm³/mol. The van der Waals surface area contributed by atoms with Crippen molar-refractivity contribution in [3.63, 3.8) is 0 Å². The van der Waals surface area contributed by atoms with Crippen LogP contribution in [0.15, 0.2) is 120 Å². The molecule has 0 heterocycles. The Bertz CT molecular complexity index is 1280. The maximum atomic E-state index is 11.9. The molecule has 2 heteroatoms. The molecule has 0 aromatic heterocycles. The standard InChI is InChI=1S/C31H23BrO/c1-21-12-14-24(15-13-21)29-27(22-8-4-2-5-9-22)20-28(23-10-6-3-7-11-23)30(31(29)33)25-16-18-26(32)19-17-25/h2-20,33H,1H3. The molecule has 5 aromatic carbocycles. The number of hydrogen-bond donors (Lipinski definition) is 1. The molecular weight excluding hydrogens is 468 g/mol. The molecule has 1 N–H and O–H groups in total. The molecular formula is C31H23BrO. The molecule has 0 fully saturated rings. The van der Waals surface area contributed by atoms with Gasteiger partial charge in [0.15, 0.2) is 0 Å². The Labute approximate surface area is 203 Å². The van der Waals surface area contributed by atoms with Gasteiger partial charge < -0.3 is 5.11 Å². The molecule has 0 saturated carbocycles. The zero-order chi connectivity index (χ0) is 22.8. The van der Waals surface area contributed by atoms with E-state index in [4.69, 9.17) is 0 Å². The highest BCUT2D eigenvalue weighted by Crippen LogP contribution is 2.49. The van der Waals surface area contributed by atoms with Gasteiger partial charge in [0, 0.05) is 15.6 Å². The second-order valence-electron chi connectivity index (χ2n) is 8.18. The minimum Gasteiger partial charge on any atom is -0.507 e. The van der Waals surface area contributed by atoms with Crippen LogP contribution < -0.4 is 0 Å². The molecule has 0 unspecified atom stereocenters.